The van der Waals surface area contributed by atoms with Gasteiger partial charge in [0.2, 0.25) is 0 Å². The second-order valence-corrected chi connectivity index (χ2v) is 6.49. The lowest BCUT2D eigenvalue weighted by Crippen LogP contribution is -2.33. The molecular formula is C20H28O8. The largest absolute Gasteiger partial charge is 0.481 e. The molecule has 156 valence electrons. The van der Waals surface area contributed by atoms with Gasteiger partial charge in [0.05, 0.1) is 36.9 Å². The molecule has 0 radical (unpaired) electrons. The molecule has 0 saturated heterocycles. The van der Waals surface area contributed by atoms with Crippen LogP contribution in [0.1, 0.15) is 39.5 Å². The quantitative estimate of drug-likeness (QED) is 0.518. The SMILES string of the molecule is CCOC(=O)C1CC=CCC1C(=O)OCC.O=C(O)C1CC=CCC1C(=O)O. The third-order valence-corrected chi connectivity index (χ3v) is 4.68. The van der Waals surface area contributed by atoms with Crippen LogP contribution in [-0.4, -0.2) is 47.3 Å². The fourth-order valence-corrected chi connectivity index (χ4v) is 3.19. The molecule has 2 aliphatic carbocycles. The van der Waals surface area contributed by atoms with E-state index in [1.165, 1.54) is 0 Å². The van der Waals surface area contributed by atoms with Gasteiger partial charge in [-0.25, -0.2) is 0 Å². The van der Waals surface area contributed by atoms with Gasteiger partial charge in [0, 0.05) is 0 Å². The molecule has 2 N–H and O–H groups in total. The average Bonchev–Trinajstić information content (AvgIpc) is 2.68. The van der Waals surface area contributed by atoms with Crippen molar-refractivity contribution >= 4 is 23.9 Å². The van der Waals surface area contributed by atoms with Crippen molar-refractivity contribution in [2.75, 3.05) is 13.2 Å². The Morgan fingerprint density at radius 2 is 0.964 bits per heavy atom. The normalized spacial score (nSPS) is 25.8. The monoisotopic (exact) mass is 396 g/mol. The predicted molar refractivity (Wildman–Crippen MR) is 99.2 cm³/mol. The Morgan fingerprint density at radius 1 is 0.679 bits per heavy atom. The van der Waals surface area contributed by atoms with Crippen LogP contribution in [0, 0.1) is 23.7 Å². The van der Waals surface area contributed by atoms with Crippen LogP contribution >= 0.6 is 0 Å². The second kappa shape index (κ2) is 11.9. The first-order valence-electron chi connectivity index (χ1n) is 9.42. The van der Waals surface area contributed by atoms with Crippen LogP contribution in [0.5, 0.6) is 0 Å². The molecule has 0 aromatic rings. The molecule has 2 aliphatic rings. The van der Waals surface area contributed by atoms with E-state index in [2.05, 4.69) is 0 Å². The Morgan fingerprint density at radius 3 is 1.21 bits per heavy atom. The van der Waals surface area contributed by atoms with Crippen LogP contribution in [0.25, 0.3) is 0 Å². The van der Waals surface area contributed by atoms with E-state index in [0.717, 1.165) is 0 Å². The van der Waals surface area contributed by atoms with E-state index in [-0.39, 0.29) is 23.8 Å². The number of carboxylic acids is 2. The summed E-state index contributed by atoms with van der Waals surface area (Å²) in [5.41, 5.74) is 0. The predicted octanol–water partition coefficient (Wildman–Crippen LogP) is 2.43. The molecule has 28 heavy (non-hydrogen) atoms. The van der Waals surface area contributed by atoms with E-state index in [1.54, 1.807) is 26.0 Å². The molecule has 0 aromatic heterocycles. The Kier molecular flexibility index (Phi) is 9.98. The summed E-state index contributed by atoms with van der Waals surface area (Å²) in [6, 6.07) is 0. The first-order chi connectivity index (χ1) is 13.3. The maximum absolute atomic E-state index is 11.7. The molecule has 0 amide bonds. The Hall–Kier alpha value is -2.64. The van der Waals surface area contributed by atoms with Crippen molar-refractivity contribution in [3.63, 3.8) is 0 Å². The summed E-state index contributed by atoms with van der Waals surface area (Å²) < 4.78 is 9.92. The third-order valence-electron chi connectivity index (χ3n) is 4.68. The molecule has 0 aliphatic heterocycles. The lowest BCUT2D eigenvalue weighted by molar-refractivity contribution is -0.160. The average molecular weight is 396 g/mol. The number of ether oxygens (including phenoxy) is 2. The van der Waals surface area contributed by atoms with Crippen LogP contribution in [0.3, 0.4) is 0 Å². The molecule has 0 aromatic carbocycles. The highest BCUT2D eigenvalue weighted by Gasteiger charge is 2.36. The van der Waals surface area contributed by atoms with E-state index in [1.807, 2.05) is 12.2 Å². The van der Waals surface area contributed by atoms with Crippen molar-refractivity contribution in [3.05, 3.63) is 24.3 Å². The fourth-order valence-electron chi connectivity index (χ4n) is 3.19. The zero-order valence-corrected chi connectivity index (χ0v) is 16.2. The molecule has 4 unspecified atom stereocenters. The summed E-state index contributed by atoms with van der Waals surface area (Å²) in [6.45, 7) is 4.20. The molecule has 0 spiro atoms. The van der Waals surface area contributed by atoms with Crippen LogP contribution in [0.15, 0.2) is 24.3 Å². The van der Waals surface area contributed by atoms with Gasteiger partial charge < -0.3 is 19.7 Å². The summed E-state index contributed by atoms with van der Waals surface area (Å²) in [4.78, 5) is 44.5. The van der Waals surface area contributed by atoms with Crippen LogP contribution in [0.2, 0.25) is 0 Å². The van der Waals surface area contributed by atoms with E-state index in [0.29, 0.717) is 38.9 Å². The number of hydrogen-bond acceptors (Lipinski definition) is 6. The van der Waals surface area contributed by atoms with Gasteiger partial charge in [0.1, 0.15) is 0 Å². The summed E-state index contributed by atoms with van der Waals surface area (Å²) in [5.74, 6) is -4.93. The third kappa shape index (κ3) is 6.83. The van der Waals surface area contributed by atoms with Crippen molar-refractivity contribution in [2.24, 2.45) is 23.7 Å². The van der Waals surface area contributed by atoms with Gasteiger partial charge in [0.25, 0.3) is 0 Å². The van der Waals surface area contributed by atoms with Crippen LogP contribution in [-0.2, 0) is 28.7 Å². The summed E-state index contributed by atoms with van der Waals surface area (Å²) in [6.07, 6.45) is 9.04. The van der Waals surface area contributed by atoms with Crippen LogP contribution in [0.4, 0.5) is 0 Å². The minimum Gasteiger partial charge on any atom is -0.481 e. The van der Waals surface area contributed by atoms with Gasteiger partial charge in [-0.2, -0.15) is 0 Å². The fraction of sp³-hybridized carbons (Fsp3) is 0.600. The standard InChI is InChI=1S/C12H18O4.C8H10O4/c1-3-15-11(13)9-7-5-6-8-10(9)12(14)16-4-2;9-7(10)5-3-1-2-4-6(5)8(11)12/h5-6,9-10H,3-4,7-8H2,1-2H3;1-2,5-6H,3-4H2,(H,9,10)(H,11,12). The van der Waals surface area contributed by atoms with Gasteiger partial charge >= 0.3 is 23.9 Å². The number of carbonyl (C=O) groups is 4. The van der Waals surface area contributed by atoms with Crippen molar-refractivity contribution < 1.29 is 38.9 Å². The highest BCUT2D eigenvalue weighted by atomic mass is 16.5. The zero-order chi connectivity index (χ0) is 21.1. The van der Waals surface area contributed by atoms with E-state index in [4.69, 9.17) is 19.7 Å². The van der Waals surface area contributed by atoms with Gasteiger partial charge in [-0.3, -0.25) is 19.2 Å². The summed E-state index contributed by atoms with van der Waals surface area (Å²) in [7, 11) is 0. The Labute approximate surface area is 164 Å². The molecule has 4 atom stereocenters. The second-order valence-electron chi connectivity index (χ2n) is 6.49. The van der Waals surface area contributed by atoms with Crippen molar-refractivity contribution in [1.82, 2.24) is 0 Å². The number of rotatable bonds is 6. The highest BCUT2D eigenvalue weighted by Crippen LogP contribution is 2.28. The molecule has 8 nitrogen and oxygen atoms in total. The van der Waals surface area contributed by atoms with Gasteiger partial charge in [-0.05, 0) is 39.5 Å². The minimum absolute atomic E-state index is 0.301. The lowest BCUT2D eigenvalue weighted by Gasteiger charge is -2.24. The lowest BCUT2D eigenvalue weighted by atomic mass is 9.83. The Bertz CT molecular complexity index is 570. The first-order valence-corrected chi connectivity index (χ1v) is 9.42. The smallest absolute Gasteiger partial charge is 0.310 e. The van der Waals surface area contributed by atoms with Crippen molar-refractivity contribution in [1.29, 1.82) is 0 Å². The zero-order valence-electron chi connectivity index (χ0n) is 16.2. The molecule has 0 fully saturated rings. The molecular weight excluding hydrogens is 368 g/mol. The maximum Gasteiger partial charge on any atom is 0.310 e. The summed E-state index contributed by atoms with van der Waals surface area (Å²) >= 11 is 0. The molecule has 0 saturated carbocycles. The van der Waals surface area contributed by atoms with Gasteiger partial charge in [0.15, 0.2) is 0 Å². The number of carboxylic acid groups (broad SMARTS) is 2. The topological polar surface area (TPSA) is 127 Å². The van der Waals surface area contributed by atoms with Crippen molar-refractivity contribution in [2.45, 2.75) is 39.5 Å². The molecule has 0 bridgehead atoms. The highest BCUT2D eigenvalue weighted by molar-refractivity contribution is 5.83. The van der Waals surface area contributed by atoms with E-state index < -0.39 is 23.8 Å². The van der Waals surface area contributed by atoms with Gasteiger partial charge in [-0.15, -0.1) is 0 Å². The number of allylic oxidation sites excluding steroid dienone is 4. The van der Waals surface area contributed by atoms with E-state index >= 15 is 0 Å². The van der Waals surface area contributed by atoms with Crippen molar-refractivity contribution in [3.8, 4) is 0 Å². The minimum atomic E-state index is -1.02. The molecule has 2 rings (SSSR count). The summed E-state index contributed by atoms with van der Waals surface area (Å²) in [5, 5.41) is 17.3. The number of aliphatic carboxylic acids is 2. The van der Waals surface area contributed by atoms with E-state index in [9.17, 15) is 19.2 Å². The number of hydrogen-bond donors (Lipinski definition) is 2. The maximum atomic E-state index is 11.7. The van der Waals surface area contributed by atoms with Gasteiger partial charge in [-0.1, -0.05) is 24.3 Å². The van der Waals surface area contributed by atoms with Crippen LogP contribution < -0.4 is 0 Å². The molecule has 8 heteroatoms. The number of carbonyl (C=O) groups excluding carboxylic acids is 2. The molecule has 0 heterocycles. The number of esters is 2. The Balaban J connectivity index is 0.000000292. The first kappa shape index (κ1) is 23.4.